The molecular weight excluding hydrogens is 368 g/mol. The van der Waals surface area contributed by atoms with Crippen molar-refractivity contribution in [3.05, 3.63) is 63.6 Å². The number of carbonyl (C=O) groups is 1. The number of rotatable bonds is 5. The molecule has 1 saturated heterocycles. The fourth-order valence-corrected chi connectivity index (χ4v) is 5.03. The Bertz CT molecular complexity index is 959. The van der Waals surface area contributed by atoms with E-state index in [0.29, 0.717) is 12.6 Å². The number of anilines is 1. The van der Waals surface area contributed by atoms with Crippen molar-refractivity contribution in [3.63, 3.8) is 0 Å². The summed E-state index contributed by atoms with van der Waals surface area (Å²) in [6, 6.07) is 13.0. The van der Waals surface area contributed by atoms with E-state index in [0.717, 1.165) is 35.7 Å². The summed E-state index contributed by atoms with van der Waals surface area (Å²) in [6.45, 7) is 7.58. The van der Waals surface area contributed by atoms with Gasteiger partial charge in [-0.1, -0.05) is 23.8 Å². The van der Waals surface area contributed by atoms with Crippen LogP contribution in [-0.4, -0.2) is 28.8 Å². The molecule has 28 heavy (non-hydrogen) atoms. The summed E-state index contributed by atoms with van der Waals surface area (Å²) >= 11 is 1.80. The minimum absolute atomic E-state index is 0.0631. The number of benzene rings is 1. The Labute approximate surface area is 170 Å². The average molecular weight is 396 g/mol. The largest absolute Gasteiger partial charge is 0.320 e. The maximum absolute atomic E-state index is 12.8. The van der Waals surface area contributed by atoms with Gasteiger partial charge in [-0.3, -0.25) is 4.79 Å². The average Bonchev–Trinajstić information content (AvgIpc) is 3.40. The molecule has 3 aromatic rings. The fraction of sp³-hybridized carbons (Fsp3) is 0.364. The van der Waals surface area contributed by atoms with Crippen LogP contribution in [0.1, 0.15) is 40.7 Å². The number of thiophene rings is 1. The number of nitrogens with zero attached hydrogens (tertiary/aromatic N) is 2. The van der Waals surface area contributed by atoms with Gasteiger partial charge in [-0.2, -0.15) is 5.10 Å². The highest BCUT2D eigenvalue weighted by molar-refractivity contribution is 7.10. The van der Waals surface area contributed by atoms with Crippen LogP contribution >= 0.6 is 11.3 Å². The van der Waals surface area contributed by atoms with E-state index in [1.165, 1.54) is 21.8 Å². The molecular formula is C22H27N4OS+. The van der Waals surface area contributed by atoms with Gasteiger partial charge in [-0.05, 0) is 44.4 Å². The van der Waals surface area contributed by atoms with Gasteiger partial charge in [0.2, 0.25) is 0 Å². The molecule has 5 nitrogen and oxygen atoms in total. The maximum Gasteiger partial charge on any atom is 0.279 e. The van der Waals surface area contributed by atoms with Crippen LogP contribution in [-0.2, 0) is 4.79 Å². The number of quaternary nitrogens is 1. The summed E-state index contributed by atoms with van der Waals surface area (Å²) in [4.78, 5) is 15.6. The summed E-state index contributed by atoms with van der Waals surface area (Å²) < 4.78 is 1.90. The highest BCUT2D eigenvalue weighted by atomic mass is 32.1. The van der Waals surface area contributed by atoms with E-state index in [1.807, 2.05) is 18.5 Å². The van der Waals surface area contributed by atoms with Gasteiger partial charge < -0.3 is 10.2 Å². The number of hydrogen-bond donors (Lipinski definition) is 2. The van der Waals surface area contributed by atoms with Crippen LogP contribution in [0.3, 0.4) is 0 Å². The molecule has 1 aromatic carbocycles. The SMILES string of the molecule is Cc1ccc(-n2nc(C)c(NC(=O)C[NH+]3CCC[C@H]3c3cccs3)c2C)cc1. The molecule has 3 heterocycles. The van der Waals surface area contributed by atoms with Crippen LogP contribution in [0.4, 0.5) is 5.69 Å². The van der Waals surface area contributed by atoms with Gasteiger partial charge in [0.1, 0.15) is 6.04 Å². The Morgan fingerprint density at radius 3 is 2.75 bits per heavy atom. The lowest BCUT2D eigenvalue weighted by Gasteiger charge is -2.20. The molecule has 1 fully saturated rings. The summed E-state index contributed by atoms with van der Waals surface area (Å²) in [5.41, 5.74) is 4.86. The van der Waals surface area contributed by atoms with Crippen LogP contribution in [0.5, 0.6) is 0 Å². The van der Waals surface area contributed by atoms with Crippen molar-refractivity contribution in [2.45, 2.75) is 39.7 Å². The van der Waals surface area contributed by atoms with Crippen molar-refractivity contribution >= 4 is 22.9 Å². The molecule has 2 N–H and O–H groups in total. The zero-order valence-corrected chi connectivity index (χ0v) is 17.5. The first-order valence-corrected chi connectivity index (χ1v) is 10.7. The number of carbonyl (C=O) groups excluding carboxylic acids is 1. The van der Waals surface area contributed by atoms with Crippen LogP contribution in [0.15, 0.2) is 41.8 Å². The molecule has 1 amide bonds. The first-order chi connectivity index (χ1) is 13.5. The fourth-order valence-electron chi connectivity index (χ4n) is 4.11. The normalized spacial score (nSPS) is 19.1. The van der Waals surface area contributed by atoms with E-state index >= 15 is 0 Å². The van der Waals surface area contributed by atoms with Gasteiger partial charge in [0, 0.05) is 12.8 Å². The minimum atomic E-state index is 0.0631. The molecule has 1 aliphatic heterocycles. The van der Waals surface area contributed by atoms with Crippen molar-refractivity contribution in [1.82, 2.24) is 9.78 Å². The number of amides is 1. The van der Waals surface area contributed by atoms with Gasteiger partial charge >= 0.3 is 0 Å². The molecule has 6 heteroatoms. The molecule has 0 spiro atoms. The third-order valence-electron chi connectivity index (χ3n) is 5.59. The van der Waals surface area contributed by atoms with E-state index in [1.54, 1.807) is 11.3 Å². The Hall–Kier alpha value is -2.44. The Kier molecular flexibility index (Phi) is 5.33. The first-order valence-electron chi connectivity index (χ1n) is 9.84. The minimum Gasteiger partial charge on any atom is -0.320 e. The third-order valence-corrected chi connectivity index (χ3v) is 6.58. The zero-order chi connectivity index (χ0) is 19.7. The monoisotopic (exact) mass is 395 g/mol. The van der Waals surface area contributed by atoms with E-state index < -0.39 is 0 Å². The number of nitrogens with one attached hydrogen (secondary N) is 2. The van der Waals surface area contributed by atoms with Crippen molar-refractivity contribution in [3.8, 4) is 5.69 Å². The lowest BCUT2D eigenvalue weighted by atomic mass is 10.2. The Morgan fingerprint density at radius 2 is 2.04 bits per heavy atom. The van der Waals surface area contributed by atoms with Crippen molar-refractivity contribution < 1.29 is 9.69 Å². The quantitative estimate of drug-likeness (QED) is 0.697. The molecule has 2 aromatic heterocycles. The lowest BCUT2D eigenvalue weighted by Crippen LogP contribution is -3.11. The number of hydrogen-bond acceptors (Lipinski definition) is 3. The van der Waals surface area contributed by atoms with E-state index in [9.17, 15) is 4.79 Å². The predicted octanol–water partition coefficient (Wildman–Crippen LogP) is 3.22. The molecule has 146 valence electrons. The van der Waals surface area contributed by atoms with Crippen molar-refractivity contribution in [2.24, 2.45) is 0 Å². The standard InChI is InChI=1S/C22H26N4OS/c1-15-8-10-18(11-9-15)26-17(3)22(16(2)24-26)23-21(27)14-25-12-4-6-19(25)20-7-5-13-28-20/h5,7-11,13,19H,4,6,12,14H2,1-3H3,(H,23,27)/p+1/t19-/m0/s1. The van der Waals surface area contributed by atoms with Crippen LogP contribution in [0, 0.1) is 20.8 Å². The first kappa shape index (κ1) is 18.9. The topological polar surface area (TPSA) is 51.4 Å². The second-order valence-corrected chi connectivity index (χ2v) is 8.62. The number of aromatic nitrogens is 2. The summed E-state index contributed by atoms with van der Waals surface area (Å²) in [6.07, 6.45) is 2.33. The number of aryl methyl sites for hydroxylation is 2. The smallest absolute Gasteiger partial charge is 0.279 e. The van der Waals surface area contributed by atoms with Gasteiger partial charge in [0.25, 0.3) is 5.91 Å². The van der Waals surface area contributed by atoms with Gasteiger partial charge in [0.05, 0.1) is 34.2 Å². The summed E-state index contributed by atoms with van der Waals surface area (Å²) in [5.74, 6) is 0.0631. The van der Waals surface area contributed by atoms with E-state index in [2.05, 4.69) is 59.1 Å². The van der Waals surface area contributed by atoms with Crippen molar-refractivity contribution in [2.75, 3.05) is 18.4 Å². The van der Waals surface area contributed by atoms with Crippen LogP contribution in [0.25, 0.3) is 5.69 Å². The highest BCUT2D eigenvalue weighted by Gasteiger charge is 2.32. The predicted molar refractivity (Wildman–Crippen MR) is 113 cm³/mol. The molecule has 0 aliphatic carbocycles. The Morgan fingerprint density at radius 1 is 1.25 bits per heavy atom. The molecule has 1 unspecified atom stereocenters. The van der Waals surface area contributed by atoms with Crippen LogP contribution in [0.2, 0.25) is 0 Å². The molecule has 1 aliphatic rings. The third kappa shape index (κ3) is 3.75. The summed E-state index contributed by atoms with van der Waals surface area (Å²) in [5, 5.41) is 9.90. The summed E-state index contributed by atoms with van der Waals surface area (Å²) in [7, 11) is 0. The maximum atomic E-state index is 12.8. The lowest BCUT2D eigenvalue weighted by molar-refractivity contribution is -0.910. The number of likely N-dealkylation sites (tertiary alicyclic amines) is 1. The van der Waals surface area contributed by atoms with Gasteiger partial charge in [-0.25, -0.2) is 4.68 Å². The van der Waals surface area contributed by atoms with Gasteiger partial charge in [-0.15, -0.1) is 11.3 Å². The van der Waals surface area contributed by atoms with Gasteiger partial charge in [0.15, 0.2) is 6.54 Å². The van der Waals surface area contributed by atoms with E-state index in [-0.39, 0.29) is 5.91 Å². The molecule has 2 atom stereocenters. The highest BCUT2D eigenvalue weighted by Crippen LogP contribution is 2.24. The second kappa shape index (κ2) is 7.89. The Balaban J connectivity index is 1.48. The van der Waals surface area contributed by atoms with Crippen LogP contribution < -0.4 is 10.2 Å². The van der Waals surface area contributed by atoms with Crippen molar-refractivity contribution in [1.29, 1.82) is 0 Å². The molecule has 0 saturated carbocycles. The zero-order valence-electron chi connectivity index (χ0n) is 16.7. The molecule has 0 radical (unpaired) electrons. The molecule has 0 bridgehead atoms. The second-order valence-electron chi connectivity index (χ2n) is 7.64. The van der Waals surface area contributed by atoms with E-state index in [4.69, 9.17) is 0 Å². The molecule has 4 rings (SSSR count).